The molecule has 74 valence electrons. The van der Waals surface area contributed by atoms with Crippen molar-refractivity contribution in [2.45, 2.75) is 0 Å². The smallest absolute Gasteiger partial charge is 0.248 e. The first kappa shape index (κ1) is 8.97. The van der Waals surface area contributed by atoms with Gasteiger partial charge in [0.05, 0.1) is 0 Å². The monoisotopic (exact) mass is 184 g/mol. The Morgan fingerprint density at radius 2 is 2.08 bits per heavy atom. The van der Waals surface area contributed by atoms with Gasteiger partial charge < -0.3 is 15.0 Å². The summed E-state index contributed by atoms with van der Waals surface area (Å²) in [5.41, 5.74) is 0. The molecule has 0 bridgehead atoms. The number of nitrogens with one attached hydrogen (secondary N) is 1. The van der Waals surface area contributed by atoms with E-state index in [9.17, 15) is 4.79 Å². The van der Waals surface area contributed by atoms with Crippen LogP contribution in [-0.2, 0) is 9.53 Å². The standard InChI is InChI=1S/C9H16N2O2/c1-13-6-9(12)11-4-7-2-10-3-8(7)5-11/h7-8,10H,2-6H2,1H3. The fourth-order valence-electron chi connectivity index (χ4n) is 2.27. The third-order valence-corrected chi connectivity index (χ3v) is 3.01. The quantitative estimate of drug-likeness (QED) is 0.617. The highest BCUT2D eigenvalue weighted by Gasteiger charge is 2.37. The van der Waals surface area contributed by atoms with Gasteiger partial charge in [0.25, 0.3) is 0 Å². The maximum absolute atomic E-state index is 11.5. The molecule has 0 aromatic carbocycles. The SMILES string of the molecule is COCC(=O)N1CC2CNCC2C1. The summed E-state index contributed by atoms with van der Waals surface area (Å²) in [5, 5.41) is 3.35. The lowest BCUT2D eigenvalue weighted by Crippen LogP contribution is -2.34. The average molecular weight is 184 g/mol. The molecule has 2 aliphatic heterocycles. The van der Waals surface area contributed by atoms with Crippen LogP contribution in [0.25, 0.3) is 0 Å². The van der Waals surface area contributed by atoms with Crippen LogP contribution in [0, 0.1) is 11.8 Å². The zero-order valence-corrected chi connectivity index (χ0v) is 7.95. The number of fused-ring (bicyclic) bond motifs is 1. The van der Waals surface area contributed by atoms with E-state index in [0.717, 1.165) is 26.2 Å². The summed E-state index contributed by atoms with van der Waals surface area (Å²) in [5.74, 6) is 1.50. The maximum atomic E-state index is 11.5. The number of hydrogen-bond acceptors (Lipinski definition) is 3. The van der Waals surface area contributed by atoms with Gasteiger partial charge >= 0.3 is 0 Å². The van der Waals surface area contributed by atoms with E-state index in [1.165, 1.54) is 0 Å². The minimum Gasteiger partial charge on any atom is -0.375 e. The highest BCUT2D eigenvalue weighted by atomic mass is 16.5. The van der Waals surface area contributed by atoms with E-state index < -0.39 is 0 Å². The van der Waals surface area contributed by atoms with E-state index in [-0.39, 0.29) is 12.5 Å². The minimum absolute atomic E-state index is 0.136. The summed E-state index contributed by atoms with van der Waals surface area (Å²) in [6, 6.07) is 0. The van der Waals surface area contributed by atoms with Gasteiger partial charge in [0.2, 0.25) is 5.91 Å². The number of rotatable bonds is 2. The molecule has 2 heterocycles. The summed E-state index contributed by atoms with van der Waals surface area (Å²) in [6.07, 6.45) is 0. The molecular weight excluding hydrogens is 168 g/mol. The minimum atomic E-state index is 0.136. The van der Waals surface area contributed by atoms with E-state index in [1.807, 2.05) is 4.90 Å². The summed E-state index contributed by atoms with van der Waals surface area (Å²) in [6.45, 7) is 4.20. The number of nitrogens with zero attached hydrogens (tertiary/aromatic N) is 1. The Morgan fingerprint density at radius 3 is 2.62 bits per heavy atom. The van der Waals surface area contributed by atoms with Crippen LogP contribution < -0.4 is 5.32 Å². The molecule has 1 amide bonds. The molecule has 2 unspecified atom stereocenters. The van der Waals surface area contributed by atoms with E-state index in [1.54, 1.807) is 7.11 Å². The van der Waals surface area contributed by atoms with E-state index in [4.69, 9.17) is 4.74 Å². The van der Waals surface area contributed by atoms with Crippen molar-refractivity contribution in [1.82, 2.24) is 10.2 Å². The van der Waals surface area contributed by atoms with Crippen LogP contribution in [-0.4, -0.2) is 50.7 Å². The van der Waals surface area contributed by atoms with Gasteiger partial charge in [0.1, 0.15) is 6.61 Å². The summed E-state index contributed by atoms with van der Waals surface area (Å²) in [7, 11) is 1.57. The van der Waals surface area contributed by atoms with E-state index in [0.29, 0.717) is 11.8 Å². The number of hydrogen-bond donors (Lipinski definition) is 1. The van der Waals surface area contributed by atoms with Gasteiger partial charge in [-0.15, -0.1) is 0 Å². The Kier molecular flexibility index (Phi) is 2.51. The Balaban J connectivity index is 1.87. The fraction of sp³-hybridized carbons (Fsp3) is 0.889. The topological polar surface area (TPSA) is 41.6 Å². The van der Waals surface area contributed by atoms with E-state index in [2.05, 4.69) is 5.32 Å². The lowest BCUT2D eigenvalue weighted by molar-refractivity contribution is -0.134. The lowest BCUT2D eigenvalue weighted by atomic mass is 10.0. The molecule has 4 heteroatoms. The number of carbonyl (C=O) groups excluding carboxylic acids is 1. The lowest BCUT2D eigenvalue weighted by Gasteiger charge is -2.16. The third-order valence-electron chi connectivity index (χ3n) is 3.01. The molecule has 1 N–H and O–H groups in total. The summed E-state index contributed by atoms with van der Waals surface area (Å²) >= 11 is 0. The summed E-state index contributed by atoms with van der Waals surface area (Å²) < 4.78 is 4.83. The zero-order chi connectivity index (χ0) is 9.26. The number of likely N-dealkylation sites (tertiary alicyclic amines) is 1. The number of amides is 1. The molecule has 4 nitrogen and oxygen atoms in total. The number of carbonyl (C=O) groups is 1. The highest BCUT2D eigenvalue weighted by molar-refractivity contribution is 5.77. The molecular formula is C9H16N2O2. The van der Waals surface area contributed by atoms with Crippen molar-refractivity contribution in [3.63, 3.8) is 0 Å². The molecule has 0 radical (unpaired) electrons. The molecule has 2 rings (SSSR count). The van der Waals surface area contributed by atoms with Crippen molar-refractivity contribution in [3.8, 4) is 0 Å². The van der Waals surface area contributed by atoms with Crippen LogP contribution in [0.15, 0.2) is 0 Å². The van der Waals surface area contributed by atoms with Gasteiger partial charge in [0.15, 0.2) is 0 Å². The van der Waals surface area contributed by atoms with Crippen molar-refractivity contribution in [2.24, 2.45) is 11.8 Å². The molecule has 2 saturated heterocycles. The Labute approximate surface area is 78.2 Å². The molecule has 2 aliphatic rings. The first-order chi connectivity index (χ1) is 6.31. The van der Waals surface area contributed by atoms with Crippen molar-refractivity contribution in [2.75, 3.05) is 39.9 Å². The fourth-order valence-corrected chi connectivity index (χ4v) is 2.27. The second-order valence-corrected chi connectivity index (χ2v) is 3.91. The van der Waals surface area contributed by atoms with Crippen LogP contribution in [0.2, 0.25) is 0 Å². The molecule has 0 saturated carbocycles. The largest absolute Gasteiger partial charge is 0.375 e. The van der Waals surface area contributed by atoms with Gasteiger partial charge in [-0.25, -0.2) is 0 Å². The Hall–Kier alpha value is -0.610. The van der Waals surface area contributed by atoms with Crippen LogP contribution >= 0.6 is 0 Å². The van der Waals surface area contributed by atoms with Crippen molar-refractivity contribution < 1.29 is 9.53 Å². The molecule has 2 fully saturated rings. The molecule has 0 spiro atoms. The number of methoxy groups -OCH3 is 1. The van der Waals surface area contributed by atoms with E-state index >= 15 is 0 Å². The Morgan fingerprint density at radius 1 is 1.46 bits per heavy atom. The van der Waals surface area contributed by atoms with Crippen LogP contribution in [0.4, 0.5) is 0 Å². The predicted octanol–water partition coefficient (Wildman–Crippen LogP) is -0.689. The van der Waals surface area contributed by atoms with Crippen molar-refractivity contribution in [1.29, 1.82) is 0 Å². The van der Waals surface area contributed by atoms with Gasteiger partial charge in [0, 0.05) is 33.3 Å². The predicted molar refractivity (Wildman–Crippen MR) is 48.3 cm³/mol. The highest BCUT2D eigenvalue weighted by Crippen LogP contribution is 2.25. The second-order valence-electron chi connectivity index (χ2n) is 3.91. The average Bonchev–Trinajstić information content (AvgIpc) is 2.61. The second kappa shape index (κ2) is 3.64. The van der Waals surface area contributed by atoms with Gasteiger partial charge in [-0.1, -0.05) is 0 Å². The molecule has 0 aliphatic carbocycles. The number of ether oxygens (including phenoxy) is 1. The first-order valence-electron chi connectivity index (χ1n) is 4.78. The molecule has 0 aromatic heterocycles. The first-order valence-corrected chi connectivity index (χ1v) is 4.78. The maximum Gasteiger partial charge on any atom is 0.248 e. The van der Waals surface area contributed by atoms with Gasteiger partial charge in [-0.05, 0) is 11.8 Å². The van der Waals surface area contributed by atoms with Crippen molar-refractivity contribution >= 4 is 5.91 Å². The molecule has 13 heavy (non-hydrogen) atoms. The van der Waals surface area contributed by atoms with Gasteiger partial charge in [-0.2, -0.15) is 0 Å². The zero-order valence-electron chi connectivity index (χ0n) is 7.95. The Bertz CT molecular complexity index is 196. The molecule has 0 aromatic rings. The van der Waals surface area contributed by atoms with Crippen LogP contribution in [0.3, 0.4) is 0 Å². The van der Waals surface area contributed by atoms with Gasteiger partial charge in [-0.3, -0.25) is 4.79 Å². The van der Waals surface area contributed by atoms with Crippen molar-refractivity contribution in [3.05, 3.63) is 0 Å². The summed E-state index contributed by atoms with van der Waals surface area (Å²) in [4.78, 5) is 13.4. The molecule has 2 atom stereocenters. The van der Waals surface area contributed by atoms with Crippen LogP contribution in [0.1, 0.15) is 0 Å². The third kappa shape index (κ3) is 1.69. The normalized spacial score (nSPS) is 32.2. The van der Waals surface area contributed by atoms with Crippen LogP contribution in [0.5, 0.6) is 0 Å².